The van der Waals surface area contributed by atoms with Crippen LogP contribution in [-0.4, -0.2) is 12.0 Å². The Labute approximate surface area is 116 Å². The summed E-state index contributed by atoms with van der Waals surface area (Å²) in [6.45, 7) is 0. The molecule has 0 heterocycles. The van der Waals surface area contributed by atoms with Crippen LogP contribution in [-0.2, 0) is 5.75 Å². The zero-order valence-corrected chi connectivity index (χ0v) is 11.3. The molecule has 0 aliphatic heterocycles. The molecule has 1 N–H and O–H groups in total. The van der Waals surface area contributed by atoms with Crippen molar-refractivity contribution in [2.24, 2.45) is 0 Å². The van der Waals surface area contributed by atoms with Gasteiger partial charge in [-0.2, -0.15) is 0 Å². The molecule has 0 amide bonds. The number of nitro groups is 1. The molecule has 0 spiro atoms. The Morgan fingerprint density at radius 1 is 1.11 bits per heavy atom. The molecule has 0 unspecified atom stereocenters. The maximum absolute atomic E-state index is 10.5. The highest BCUT2D eigenvalue weighted by atomic mass is 32.2. The summed E-state index contributed by atoms with van der Waals surface area (Å²) >= 11 is 1.66. The lowest BCUT2D eigenvalue weighted by atomic mass is 10.2. The van der Waals surface area contributed by atoms with Crippen molar-refractivity contribution in [3.8, 4) is 0 Å². The number of rotatable bonds is 5. The zero-order valence-electron chi connectivity index (χ0n) is 10.5. The highest BCUT2D eigenvalue weighted by Crippen LogP contribution is 2.25. The van der Waals surface area contributed by atoms with Crippen LogP contribution in [0.4, 0.5) is 11.4 Å². The molecule has 0 aliphatic rings. The molecule has 5 heteroatoms. The maximum Gasteiger partial charge on any atom is 0.269 e. The van der Waals surface area contributed by atoms with Gasteiger partial charge in [0.05, 0.1) is 4.92 Å². The Bertz CT molecular complexity index is 553. The lowest BCUT2D eigenvalue weighted by Gasteiger charge is -2.04. The summed E-state index contributed by atoms with van der Waals surface area (Å²) in [4.78, 5) is 11.2. The number of anilines is 1. The van der Waals surface area contributed by atoms with Gasteiger partial charge in [-0.15, -0.1) is 11.8 Å². The molecule has 0 aliphatic carbocycles. The molecule has 0 bridgehead atoms. The van der Waals surface area contributed by atoms with Gasteiger partial charge >= 0.3 is 0 Å². The molecule has 98 valence electrons. The van der Waals surface area contributed by atoms with Crippen LogP contribution in [0.15, 0.2) is 53.4 Å². The number of non-ortho nitro benzene ring substituents is 1. The van der Waals surface area contributed by atoms with Crippen LogP contribution in [0.1, 0.15) is 5.56 Å². The predicted octanol–water partition coefficient (Wildman–Crippen LogP) is 3.93. The van der Waals surface area contributed by atoms with Crippen LogP contribution in [0, 0.1) is 10.1 Å². The SMILES string of the molecule is CNc1ccc(CSc2ccc([N+](=O)[O-])cc2)cc1. The molecule has 0 saturated carbocycles. The van der Waals surface area contributed by atoms with E-state index in [-0.39, 0.29) is 10.6 Å². The summed E-state index contributed by atoms with van der Waals surface area (Å²) in [5, 5.41) is 13.6. The minimum absolute atomic E-state index is 0.128. The molecule has 2 aromatic carbocycles. The van der Waals surface area contributed by atoms with E-state index in [4.69, 9.17) is 0 Å². The second-order valence-corrected chi connectivity index (χ2v) is 5.04. The topological polar surface area (TPSA) is 55.2 Å². The van der Waals surface area contributed by atoms with Crippen molar-refractivity contribution >= 4 is 23.1 Å². The van der Waals surface area contributed by atoms with Crippen LogP contribution in [0.2, 0.25) is 0 Å². The minimum atomic E-state index is -0.384. The van der Waals surface area contributed by atoms with Gasteiger partial charge in [-0.1, -0.05) is 12.1 Å². The van der Waals surface area contributed by atoms with Gasteiger partial charge in [0.15, 0.2) is 0 Å². The van der Waals surface area contributed by atoms with E-state index < -0.39 is 0 Å². The Morgan fingerprint density at radius 2 is 1.74 bits per heavy atom. The summed E-state index contributed by atoms with van der Waals surface area (Å²) in [6.07, 6.45) is 0. The van der Waals surface area contributed by atoms with Gasteiger partial charge in [0.25, 0.3) is 5.69 Å². The second kappa shape index (κ2) is 6.24. The molecule has 0 fully saturated rings. The Hall–Kier alpha value is -2.01. The van der Waals surface area contributed by atoms with Crippen LogP contribution >= 0.6 is 11.8 Å². The predicted molar refractivity (Wildman–Crippen MR) is 78.6 cm³/mol. The largest absolute Gasteiger partial charge is 0.388 e. The average Bonchev–Trinajstić information content (AvgIpc) is 2.46. The highest BCUT2D eigenvalue weighted by molar-refractivity contribution is 7.98. The summed E-state index contributed by atoms with van der Waals surface area (Å²) in [7, 11) is 1.89. The van der Waals surface area contributed by atoms with Crippen LogP contribution in [0.25, 0.3) is 0 Å². The summed E-state index contributed by atoms with van der Waals surface area (Å²) < 4.78 is 0. The first-order valence-corrected chi connectivity index (χ1v) is 6.81. The van der Waals surface area contributed by atoms with Gasteiger partial charge in [0.2, 0.25) is 0 Å². The zero-order chi connectivity index (χ0) is 13.7. The first-order valence-electron chi connectivity index (χ1n) is 5.83. The van der Waals surface area contributed by atoms with E-state index in [9.17, 15) is 10.1 Å². The second-order valence-electron chi connectivity index (χ2n) is 3.99. The van der Waals surface area contributed by atoms with E-state index in [2.05, 4.69) is 17.4 Å². The fraction of sp³-hybridized carbons (Fsp3) is 0.143. The fourth-order valence-corrected chi connectivity index (χ4v) is 2.45. The van der Waals surface area contributed by atoms with Crippen LogP contribution in [0.5, 0.6) is 0 Å². The van der Waals surface area contributed by atoms with E-state index in [1.807, 2.05) is 19.2 Å². The first-order chi connectivity index (χ1) is 9.19. The van der Waals surface area contributed by atoms with Crippen LogP contribution < -0.4 is 5.32 Å². The van der Waals surface area contributed by atoms with E-state index in [0.29, 0.717) is 0 Å². The fourth-order valence-electron chi connectivity index (χ4n) is 1.60. The van der Waals surface area contributed by atoms with Gasteiger partial charge in [-0.3, -0.25) is 10.1 Å². The van der Waals surface area contributed by atoms with E-state index in [0.717, 1.165) is 16.3 Å². The van der Waals surface area contributed by atoms with Gasteiger partial charge in [-0.05, 0) is 29.8 Å². The quantitative estimate of drug-likeness (QED) is 0.510. The third-order valence-corrected chi connectivity index (χ3v) is 3.78. The number of benzene rings is 2. The number of nitrogens with one attached hydrogen (secondary N) is 1. The molecule has 0 aromatic heterocycles. The normalized spacial score (nSPS) is 10.2. The maximum atomic E-state index is 10.5. The van der Waals surface area contributed by atoms with Crippen molar-refractivity contribution in [1.29, 1.82) is 0 Å². The molecule has 0 atom stereocenters. The lowest BCUT2D eigenvalue weighted by Crippen LogP contribution is -1.88. The molecular weight excluding hydrogens is 260 g/mol. The summed E-state index contributed by atoms with van der Waals surface area (Å²) in [6, 6.07) is 14.8. The molecular formula is C14H14N2O2S. The smallest absolute Gasteiger partial charge is 0.269 e. The monoisotopic (exact) mass is 274 g/mol. The van der Waals surface area contributed by atoms with Crippen molar-refractivity contribution in [2.75, 3.05) is 12.4 Å². The third kappa shape index (κ3) is 3.72. The standard InChI is InChI=1S/C14H14N2O2S/c1-15-12-4-2-11(3-5-12)10-19-14-8-6-13(7-9-14)16(17)18/h2-9,15H,10H2,1H3. The van der Waals surface area contributed by atoms with E-state index >= 15 is 0 Å². The van der Waals surface area contributed by atoms with Crippen LogP contribution in [0.3, 0.4) is 0 Å². The molecule has 19 heavy (non-hydrogen) atoms. The third-order valence-electron chi connectivity index (χ3n) is 2.70. The van der Waals surface area contributed by atoms with Crippen molar-refractivity contribution in [2.45, 2.75) is 10.6 Å². The lowest BCUT2D eigenvalue weighted by molar-refractivity contribution is -0.384. The molecule has 2 rings (SSSR count). The van der Waals surface area contributed by atoms with Crippen molar-refractivity contribution < 1.29 is 4.92 Å². The van der Waals surface area contributed by atoms with E-state index in [1.165, 1.54) is 17.7 Å². The first kappa shape index (κ1) is 13.4. The van der Waals surface area contributed by atoms with Crippen molar-refractivity contribution in [1.82, 2.24) is 0 Å². The van der Waals surface area contributed by atoms with Crippen molar-refractivity contribution in [3.63, 3.8) is 0 Å². The Balaban J connectivity index is 1.95. The van der Waals surface area contributed by atoms with Gasteiger partial charge < -0.3 is 5.32 Å². The minimum Gasteiger partial charge on any atom is -0.388 e. The molecule has 4 nitrogen and oxygen atoms in total. The Kier molecular flexibility index (Phi) is 4.41. The average molecular weight is 274 g/mol. The number of nitro benzene ring substituents is 1. The number of thioether (sulfide) groups is 1. The number of hydrogen-bond acceptors (Lipinski definition) is 4. The van der Waals surface area contributed by atoms with Crippen molar-refractivity contribution in [3.05, 3.63) is 64.2 Å². The van der Waals surface area contributed by atoms with Gasteiger partial charge in [0, 0.05) is 35.5 Å². The number of hydrogen-bond donors (Lipinski definition) is 1. The molecule has 0 saturated heterocycles. The summed E-state index contributed by atoms with van der Waals surface area (Å²) in [5.41, 5.74) is 2.44. The van der Waals surface area contributed by atoms with Gasteiger partial charge in [-0.25, -0.2) is 0 Å². The molecule has 0 radical (unpaired) electrons. The summed E-state index contributed by atoms with van der Waals surface area (Å²) in [5.74, 6) is 0.849. The molecule has 2 aromatic rings. The number of nitrogens with zero attached hydrogens (tertiary/aromatic N) is 1. The Morgan fingerprint density at radius 3 is 2.26 bits per heavy atom. The van der Waals surface area contributed by atoms with E-state index in [1.54, 1.807) is 23.9 Å². The van der Waals surface area contributed by atoms with Gasteiger partial charge in [0.1, 0.15) is 0 Å². The highest BCUT2D eigenvalue weighted by Gasteiger charge is 2.04.